The third-order valence-electron chi connectivity index (χ3n) is 2.36. The molecule has 0 aromatic heterocycles. The molecule has 5 nitrogen and oxygen atoms in total. The molecule has 18 heavy (non-hydrogen) atoms. The second-order valence-corrected chi connectivity index (χ2v) is 4.09. The van der Waals surface area contributed by atoms with Crippen LogP contribution in [-0.2, 0) is 4.79 Å². The molecule has 1 aromatic carbocycles. The zero-order chi connectivity index (χ0) is 13.5. The number of aliphatic hydroxyl groups is 1. The lowest BCUT2D eigenvalue weighted by Gasteiger charge is -2.13. The van der Waals surface area contributed by atoms with Crippen LogP contribution in [0.5, 0.6) is 11.5 Å². The first-order valence-corrected chi connectivity index (χ1v) is 5.74. The quantitative estimate of drug-likeness (QED) is 0.789. The highest BCUT2D eigenvalue weighted by Crippen LogP contribution is 2.27. The number of rotatable bonds is 6. The molecule has 0 bridgehead atoms. The molecular weight excluding hydrogens is 234 g/mol. The lowest BCUT2D eigenvalue weighted by molar-refractivity contribution is -0.124. The number of carbonyl (C=O) groups is 1. The minimum atomic E-state index is -0.279. The van der Waals surface area contributed by atoms with Crippen molar-refractivity contribution >= 4 is 5.91 Å². The van der Waals surface area contributed by atoms with E-state index in [2.05, 4.69) is 5.32 Å². The summed E-state index contributed by atoms with van der Waals surface area (Å²) in [6, 6.07) is 5.20. The molecule has 0 saturated heterocycles. The Morgan fingerprint density at radius 2 is 2.17 bits per heavy atom. The van der Waals surface area contributed by atoms with Gasteiger partial charge in [-0.05, 0) is 31.5 Å². The van der Waals surface area contributed by atoms with E-state index in [1.165, 1.54) is 0 Å². The second-order valence-electron chi connectivity index (χ2n) is 4.09. The van der Waals surface area contributed by atoms with E-state index in [-0.39, 0.29) is 25.2 Å². The lowest BCUT2D eigenvalue weighted by atomic mass is 10.2. The minimum absolute atomic E-state index is 0.0976. The molecule has 0 aliphatic carbocycles. The Hall–Kier alpha value is -1.75. The summed E-state index contributed by atoms with van der Waals surface area (Å²) < 4.78 is 10.5. The summed E-state index contributed by atoms with van der Waals surface area (Å²) in [5.41, 5.74) is 1.05. The first-order chi connectivity index (χ1) is 8.56. The van der Waals surface area contributed by atoms with Crippen LogP contribution in [0.15, 0.2) is 18.2 Å². The van der Waals surface area contributed by atoms with Crippen molar-refractivity contribution in [2.75, 3.05) is 20.3 Å². The maximum atomic E-state index is 11.5. The topological polar surface area (TPSA) is 67.8 Å². The van der Waals surface area contributed by atoms with E-state index in [0.29, 0.717) is 11.5 Å². The van der Waals surface area contributed by atoms with Gasteiger partial charge in [-0.2, -0.15) is 0 Å². The fourth-order valence-electron chi connectivity index (χ4n) is 1.40. The average Bonchev–Trinajstić information content (AvgIpc) is 2.36. The Morgan fingerprint density at radius 3 is 2.78 bits per heavy atom. The van der Waals surface area contributed by atoms with E-state index >= 15 is 0 Å². The number of amides is 1. The van der Waals surface area contributed by atoms with Crippen molar-refractivity contribution in [3.8, 4) is 11.5 Å². The van der Waals surface area contributed by atoms with E-state index in [0.717, 1.165) is 5.56 Å². The lowest BCUT2D eigenvalue weighted by Crippen LogP contribution is -2.38. The van der Waals surface area contributed by atoms with Gasteiger partial charge in [-0.25, -0.2) is 0 Å². The summed E-state index contributed by atoms with van der Waals surface area (Å²) in [5.74, 6) is 0.840. The van der Waals surface area contributed by atoms with E-state index in [1.54, 1.807) is 20.1 Å². The van der Waals surface area contributed by atoms with Crippen LogP contribution < -0.4 is 14.8 Å². The molecule has 0 heterocycles. The number of carbonyl (C=O) groups excluding carboxylic acids is 1. The number of benzene rings is 1. The molecule has 0 radical (unpaired) electrons. The average molecular weight is 253 g/mol. The van der Waals surface area contributed by atoms with Crippen molar-refractivity contribution in [2.24, 2.45) is 0 Å². The van der Waals surface area contributed by atoms with Gasteiger partial charge in [0.05, 0.1) is 13.7 Å². The number of ether oxygens (including phenoxy) is 2. The fourth-order valence-corrected chi connectivity index (χ4v) is 1.40. The standard InChI is InChI=1S/C13H19NO4/c1-9-4-5-11(12(6-9)17-3)18-8-13(16)14-10(2)7-15/h4-6,10,15H,7-8H2,1-3H3,(H,14,16)/t10-/m0/s1. The number of nitrogens with one attached hydrogen (secondary N) is 1. The van der Waals surface area contributed by atoms with Gasteiger partial charge in [-0.1, -0.05) is 6.07 Å². The van der Waals surface area contributed by atoms with Crippen molar-refractivity contribution in [3.63, 3.8) is 0 Å². The van der Waals surface area contributed by atoms with Crippen LogP contribution in [-0.4, -0.2) is 37.4 Å². The Balaban J connectivity index is 2.55. The number of aliphatic hydroxyl groups excluding tert-OH is 1. The maximum Gasteiger partial charge on any atom is 0.258 e. The molecule has 0 spiro atoms. The molecular formula is C13H19NO4. The summed E-state index contributed by atoms with van der Waals surface area (Å²) in [6.45, 7) is 3.45. The molecule has 1 atom stereocenters. The molecule has 5 heteroatoms. The molecule has 0 fully saturated rings. The Bertz CT molecular complexity index is 406. The van der Waals surface area contributed by atoms with Crippen LogP contribution in [0.4, 0.5) is 0 Å². The molecule has 100 valence electrons. The third-order valence-corrected chi connectivity index (χ3v) is 2.36. The predicted molar refractivity (Wildman–Crippen MR) is 67.9 cm³/mol. The highest BCUT2D eigenvalue weighted by atomic mass is 16.5. The van der Waals surface area contributed by atoms with Gasteiger partial charge in [0.25, 0.3) is 5.91 Å². The third kappa shape index (κ3) is 4.25. The van der Waals surface area contributed by atoms with Crippen molar-refractivity contribution in [2.45, 2.75) is 19.9 Å². The number of hydrogen-bond donors (Lipinski definition) is 2. The van der Waals surface area contributed by atoms with Gasteiger partial charge in [0.1, 0.15) is 0 Å². The van der Waals surface area contributed by atoms with Crippen LogP contribution in [0.1, 0.15) is 12.5 Å². The van der Waals surface area contributed by atoms with Gasteiger partial charge in [-0.15, -0.1) is 0 Å². The maximum absolute atomic E-state index is 11.5. The fraction of sp³-hybridized carbons (Fsp3) is 0.462. The van der Waals surface area contributed by atoms with E-state index < -0.39 is 0 Å². The normalized spacial score (nSPS) is 11.8. The zero-order valence-corrected chi connectivity index (χ0v) is 10.9. The molecule has 1 aromatic rings. The van der Waals surface area contributed by atoms with Crippen LogP contribution in [0, 0.1) is 6.92 Å². The van der Waals surface area contributed by atoms with E-state index in [9.17, 15) is 4.79 Å². The molecule has 1 rings (SSSR count). The summed E-state index contributed by atoms with van der Waals surface area (Å²) in [6.07, 6.45) is 0. The smallest absolute Gasteiger partial charge is 0.258 e. The Kier molecular flexibility index (Phi) is 5.45. The molecule has 0 saturated carbocycles. The Labute approximate surface area is 107 Å². The predicted octanol–water partition coefficient (Wildman–Crippen LogP) is 0.879. The zero-order valence-electron chi connectivity index (χ0n) is 10.9. The van der Waals surface area contributed by atoms with Crippen LogP contribution in [0.2, 0.25) is 0 Å². The van der Waals surface area contributed by atoms with Crippen molar-refractivity contribution in [1.82, 2.24) is 5.32 Å². The largest absolute Gasteiger partial charge is 0.493 e. The van der Waals surface area contributed by atoms with E-state index in [1.807, 2.05) is 19.1 Å². The van der Waals surface area contributed by atoms with Crippen molar-refractivity contribution in [1.29, 1.82) is 0 Å². The molecule has 0 aliphatic heterocycles. The number of methoxy groups -OCH3 is 1. The molecule has 2 N–H and O–H groups in total. The van der Waals surface area contributed by atoms with Crippen molar-refractivity contribution in [3.05, 3.63) is 23.8 Å². The molecule has 1 amide bonds. The first-order valence-electron chi connectivity index (χ1n) is 5.74. The summed E-state index contributed by atoms with van der Waals surface area (Å²) >= 11 is 0. The minimum Gasteiger partial charge on any atom is -0.493 e. The van der Waals surface area contributed by atoms with Crippen molar-refractivity contribution < 1.29 is 19.4 Å². The number of hydrogen-bond acceptors (Lipinski definition) is 4. The number of aryl methyl sites for hydroxylation is 1. The second kappa shape index (κ2) is 6.86. The van der Waals surface area contributed by atoms with Crippen LogP contribution in [0.3, 0.4) is 0 Å². The highest BCUT2D eigenvalue weighted by molar-refractivity contribution is 5.77. The van der Waals surface area contributed by atoms with Gasteiger partial charge >= 0.3 is 0 Å². The Morgan fingerprint density at radius 1 is 1.44 bits per heavy atom. The van der Waals surface area contributed by atoms with E-state index in [4.69, 9.17) is 14.6 Å². The summed E-state index contributed by atoms with van der Waals surface area (Å²) in [5, 5.41) is 11.4. The van der Waals surface area contributed by atoms with Crippen LogP contribution in [0.25, 0.3) is 0 Å². The summed E-state index contributed by atoms with van der Waals surface area (Å²) in [7, 11) is 1.55. The summed E-state index contributed by atoms with van der Waals surface area (Å²) in [4.78, 5) is 11.5. The first kappa shape index (κ1) is 14.3. The molecule has 0 unspecified atom stereocenters. The van der Waals surface area contributed by atoms with Gasteiger partial charge in [0, 0.05) is 6.04 Å². The van der Waals surface area contributed by atoms with Gasteiger partial charge in [0.15, 0.2) is 18.1 Å². The van der Waals surface area contributed by atoms with Gasteiger partial charge in [-0.3, -0.25) is 4.79 Å². The van der Waals surface area contributed by atoms with Crippen LogP contribution >= 0.6 is 0 Å². The van der Waals surface area contributed by atoms with Gasteiger partial charge < -0.3 is 19.9 Å². The molecule has 0 aliphatic rings. The SMILES string of the molecule is COc1cc(C)ccc1OCC(=O)N[C@@H](C)CO. The monoisotopic (exact) mass is 253 g/mol. The van der Waals surface area contributed by atoms with Gasteiger partial charge in [0.2, 0.25) is 0 Å². The highest BCUT2D eigenvalue weighted by Gasteiger charge is 2.09.